The first kappa shape index (κ1) is 19.6. The van der Waals surface area contributed by atoms with Crippen molar-refractivity contribution in [2.75, 3.05) is 5.32 Å². The molecule has 0 spiro atoms. The van der Waals surface area contributed by atoms with E-state index < -0.39 is 0 Å². The number of anilines is 1. The zero-order valence-electron chi connectivity index (χ0n) is 16.1. The predicted octanol–water partition coefficient (Wildman–Crippen LogP) is 4.47. The number of carbonyl (C=O) groups is 1. The molecule has 0 radical (unpaired) electrons. The van der Waals surface area contributed by atoms with Gasteiger partial charge in [-0.05, 0) is 34.6 Å². The van der Waals surface area contributed by atoms with Gasteiger partial charge in [0.15, 0.2) is 16.1 Å². The molecule has 6 nitrogen and oxygen atoms in total. The van der Waals surface area contributed by atoms with E-state index in [2.05, 4.69) is 46.5 Å². The molecule has 0 fully saturated rings. The van der Waals surface area contributed by atoms with Gasteiger partial charge in [-0.3, -0.25) is 4.79 Å². The molecule has 1 atom stereocenters. The van der Waals surface area contributed by atoms with Crippen molar-refractivity contribution in [3.8, 4) is 11.4 Å². The Morgan fingerprint density at radius 1 is 1.22 bits per heavy atom. The normalized spacial score (nSPS) is 12.2. The maximum Gasteiger partial charge on any atom is 0.239 e. The van der Waals surface area contributed by atoms with Crippen LogP contribution in [0.25, 0.3) is 11.4 Å². The van der Waals surface area contributed by atoms with E-state index in [-0.39, 0.29) is 11.2 Å². The highest BCUT2D eigenvalue weighted by Crippen LogP contribution is 2.28. The molecule has 1 N–H and O–H groups in total. The number of aryl methyl sites for hydroxylation is 3. The fourth-order valence-corrected chi connectivity index (χ4v) is 4.25. The van der Waals surface area contributed by atoms with Crippen molar-refractivity contribution in [2.45, 2.75) is 51.6 Å². The highest BCUT2D eigenvalue weighted by atomic mass is 32.2. The molecule has 1 aromatic carbocycles. The lowest BCUT2D eigenvalue weighted by molar-refractivity contribution is -0.115. The van der Waals surface area contributed by atoms with Crippen molar-refractivity contribution >= 4 is 34.1 Å². The second-order valence-corrected chi connectivity index (χ2v) is 8.84. The summed E-state index contributed by atoms with van der Waals surface area (Å²) in [4.78, 5) is 18.0. The topological polar surface area (TPSA) is 72.7 Å². The SMILES string of the molecule is CCn1c(S[C@@H](C)C(=O)Nc2nc(C)c(C)s2)nnc1-c1ccc(C)cc1. The van der Waals surface area contributed by atoms with Crippen LogP contribution in [0.1, 0.15) is 30.0 Å². The lowest BCUT2D eigenvalue weighted by Crippen LogP contribution is -2.22. The summed E-state index contributed by atoms with van der Waals surface area (Å²) in [5.74, 6) is 0.732. The average Bonchev–Trinajstić information content (AvgIpc) is 3.18. The summed E-state index contributed by atoms with van der Waals surface area (Å²) >= 11 is 2.90. The second kappa shape index (κ2) is 8.22. The summed E-state index contributed by atoms with van der Waals surface area (Å²) in [6, 6.07) is 8.21. The first-order valence-electron chi connectivity index (χ1n) is 8.80. The van der Waals surface area contributed by atoms with E-state index in [4.69, 9.17) is 0 Å². The van der Waals surface area contributed by atoms with Crippen LogP contribution in [0.2, 0.25) is 0 Å². The van der Waals surface area contributed by atoms with Gasteiger partial charge >= 0.3 is 0 Å². The fourth-order valence-electron chi connectivity index (χ4n) is 2.52. The molecule has 3 rings (SSSR count). The molecule has 0 aliphatic carbocycles. The second-order valence-electron chi connectivity index (χ2n) is 6.33. The molecule has 1 amide bonds. The van der Waals surface area contributed by atoms with Gasteiger partial charge in [-0.2, -0.15) is 0 Å². The smallest absolute Gasteiger partial charge is 0.239 e. The van der Waals surface area contributed by atoms with Crippen LogP contribution in [0.5, 0.6) is 0 Å². The number of aromatic nitrogens is 4. The maximum atomic E-state index is 12.5. The molecular weight excluding hydrogens is 378 g/mol. The molecule has 8 heteroatoms. The largest absolute Gasteiger partial charge is 0.302 e. The number of benzene rings is 1. The van der Waals surface area contributed by atoms with Gasteiger partial charge in [-0.15, -0.1) is 21.5 Å². The molecular formula is C19H23N5OS2. The zero-order valence-corrected chi connectivity index (χ0v) is 17.7. The Kier molecular flexibility index (Phi) is 5.96. The van der Waals surface area contributed by atoms with E-state index in [0.29, 0.717) is 5.13 Å². The molecule has 0 bridgehead atoms. The minimum atomic E-state index is -0.310. The van der Waals surface area contributed by atoms with Crippen molar-refractivity contribution in [3.05, 3.63) is 40.4 Å². The van der Waals surface area contributed by atoms with Crippen LogP contribution in [0.4, 0.5) is 5.13 Å². The Morgan fingerprint density at radius 2 is 1.93 bits per heavy atom. The summed E-state index contributed by atoms with van der Waals surface area (Å²) in [6.45, 7) is 10.6. The third kappa shape index (κ3) is 4.39. The highest BCUT2D eigenvalue weighted by Gasteiger charge is 2.21. The van der Waals surface area contributed by atoms with E-state index in [1.54, 1.807) is 0 Å². The van der Waals surface area contributed by atoms with Crippen LogP contribution < -0.4 is 5.32 Å². The molecule has 0 saturated carbocycles. The summed E-state index contributed by atoms with van der Waals surface area (Å²) in [6.07, 6.45) is 0. The Balaban J connectivity index is 1.74. The first-order valence-corrected chi connectivity index (χ1v) is 10.5. The highest BCUT2D eigenvalue weighted by molar-refractivity contribution is 8.00. The number of amides is 1. The first-order chi connectivity index (χ1) is 12.9. The Labute approximate surface area is 167 Å². The standard InChI is InChI=1S/C19H23N5OS2/c1-6-24-16(15-9-7-11(2)8-10-15)22-23-19(24)27-14(5)17(25)21-18-20-12(3)13(4)26-18/h7-10,14H,6H2,1-5H3,(H,20,21,25)/t14-/m0/s1. The van der Waals surface area contributed by atoms with Gasteiger partial charge in [0.1, 0.15) is 0 Å². The van der Waals surface area contributed by atoms with Gasteiger partial charge in [-0.1, -0.05) is 41.6 Å². The third-order valence-corrected chi connectivity index (χ3v) is 6.32. The van der Waals surface area contributed by atoms with E-state index in [9.17, 15) is 4.79 Å². The van der Waals surface area contributed by atoms with Crippen molar-refractivity contribution in [3.63, 3.8) is 0 Å². The van der Waals surface area contributed by atoms with Crippen LogP contribution in [0.15, 0.2) is 29.4 Å². The summed E-state index contributed by atoms with van der Waals surface area (Å²) in [5.41, 5.74) is 3.17. The van der Waals surface area contributed by atoms with Gasteiger partial charge in [0.05, 0.1) is 10.9 Å². The van der Waals surface area contributed by atoms with Crippen molar-refractivity contribution in [1.29, 1.82) is 0 Å². The van der Waals surface area contributed by atoms with E-state index in [1.165, 1.54) is 28.7 Å². The number of rotatable bonds is 6. The van der Waals surface area contributed by atoms with Gasteiger partial charge < -0.3 is 9.88 Å². The number of nitrogens with zero attached hydrogens (tertiary/aromatic N) is 4. The summed E-state index contributed by atoms with van der Waals surface area (Å²) in [5, 5.41) is 12.6. The predicted molar refractivity (Wildman–Crippen MR) is 111 cm³/mol. The lowest BCUT2D eigenvalue weighted by atomic mass is 10.1. The van der Waals surface area contributed by atoms with Gasteiger partial charge in [-0.25, -0.2) is 4.98 Å². The van der Waals surface area contributed by atoms with Crippen LogP contribution in [-0.4, -0.2) is 30.9 Å². The van der Waals surface area contributed by atoms with Gasteiger partial charge in [0.2, 0.25) is 5.91 Å². The zero-order chi connectivity index (χ0) is 19.6. The van der Waals surface area contributed by atoms with E-state index >= 15 is 0 Å². The minimum Gasteiger partial charge on any atom is -0.302 e. The number of hydrogen-bond donors (Lipinski definition) is 1. The fraction of sp³-hybridized carbons (Fsp3) is 0.368. The molecule has 2 aromatic heterocycles. The molecule has 27 heavy (non-hydrogen) atoms. The Morgan fingerprint density at radius 3 is 2.52 bits per heavy atom. The van der Waals surface area contributed by atoms with Crippen molar-refractivity contribution in [2.24, 2.45) is 0 Å². The minimum absolute atomic E-state index is 0.0868. The number of thiazole rings is 1. The molecule has 0 aliphatic heterocycles. The third-order valence-electron chi connectivity index (χ3n) is 4.25. The summed E-state index contributed by atoms with van der Waals surface area (Å²) in [7, 11) is 0. The lowest BCUT2D eigenvalue weighted by Gasteiger charge is -2.11. The number of thioether (sulfide) groups is 1. The van der Waals surface area contributed by atoms with Gasteiger partial charge in [0.25, 0.3) is 0 Å². The number of nitrogens with one attached hydrogen (secondary N) is 1. The quantitative estimate of drug-likeness (QED) is 0.617. The molecule has 0 unspecified atom stereocenters. The van der Waals surface area contributed by atoms with E-state index in [0.717, 1.165) is 33.7 Å². The van der Waals surface area contributed by atoms with Crippen LogP contribution in [-0.2, 0) is 11.3 Å². The maximum absolute atomic E-state index is 12.5. The Bertz CT molecular complexity index is 926. The van der Waals surface area contributed by atoms with E-state index in [1.807, 2.05) is 37.5 Å². The Hall–Kier alpha value is -2.19. The molecule has 3 aromatic rings. The molecule has 0 aliphatic rings. The molecule has 142 valence electrons. The van der Waals surface area contributed by atoms with Gasteiger partial charge in [0, 0.05) is 17.0 Å². The van der Waals surface area contributed by atoms with Crippen LogP contribution >= 0.6 is 23.1 Å². The van der Waals surface area contributed by atoms with Crippen LogP contribution in [0, 0.1) is 20.8 Å². The van der Waals surface area contributed by atoms with Crippen molar-refractivity contribution < 1.29 is 4.79 Å². The van der Waals surface area contributed by atoms with Crippen molar-refractivity contribution in [1.82, 2.24) is 19.7 Å². The number of carbonyl (C=O) groups excluding carboxylic acids is 1. The molecule has 2 heterocycles. The van der Waals surface area contributed by atoms with Crippen LogP contribution in [0.3, 0.4) is 0 Å². The average molecular weight is 402 g/mol. The number of hydrogen-bond acceptors (Lipinski definition) is 6. The summed E-state index contributed by atoms with van der Waals surface area (Å²) < 4.78 is 2.04. The molecule has 0 saturated heterocycles. The monoisotopic (exact) mass is 401 g/mol.